The molecule has 2 aromatic carbocycles. The molecule has 1 unspecified atom stereocenters. The van der Waals surface area contributed by atoms with E-state index in [1.807, 2.05) is 36.0 Å². The van der Waals surface area contributed by atoms with Crippen molar-refractivity contribution in [2.24, 2.45) is 5.92 Å². The van der Waals surface area contributed by atoms with Crippen LogP contribution in [-0.2, 0) is 19.1 Å². The molecule has 0 spiro atoms. The third-order valence-electron chi connectivity index (χ3n) is 10.6. The van der Waals surface area contributed by atoms with Crippen LogP contribution >= 0.6 is 0 Å². The number of aromatic nitrogens is 4. The fourth-order valence-corrected chi connectivity index (χ4v) is 7.55. The van der Waals surface area contributed by atoms with Crippen LogP contribution < -0.4 is 10.6 Å². The molecule has 3 fully saturated rings. The van der Waals surface area contributed by atoms with E-state index in [9.17, 15) is 19.2 Å². The van der Waals surface area contributed by atoms with Gasteiger partial charge in [-0.25, -0.2) is 14.8 Å². The van der Waals surface area contributed by atoms with Crippen LogP contribution in [0.1, 0.15) is 83.0 Å². The lowest BCUT2D eigenvalue weighted by molar-refractivity contribution is -0.138. The van der Waals surface area contributed by atoms with E-state index < -0.39 is 17.7 Å². The molecule has 4 aromatic rings. The van der Waals surface area contributed by atoms with Crippen LogP contribution in [0.25, 0.3) is 33.6 Å². The van der Waals surface area contributed by atoms with E-state index in [-0.39, 0.29) is 35.7 Å². The first kappa shape index (κ1) is 35.0. The fraction of sp³-hybridized carbons (Fsp3) is 0.436. The summed E-state index contributed by atoms with van der Waals surface area (Å²) in [5.74, 6) is 1.11. The smallest absolute Gasteiger partial charge is 0.407 e. The molecule has 3 aliphatic rings. The number of carbonyl (C=O) groups is 4. The molecule has 0 bridgehead atoms. The second-order valence-electron chi connectivity index (χ2n) is 14.5. The largest absolute Gasteiger partial charge is 0.453 e. The summed E-state index contributed by atoms with van der Waals surface area (Å²) in [6, 6.07) is 15.7. The first-order chi connectivity index (χ1) is 25.1. The molecule has 2 saturated heterocycles. The van der Waals surface area contributed by atoms with Crippen molar-refractivity contribution < 1.29 is 23.9 Å². The summed E-state index contributed by atoms with van der Waals surface area (Å²) in [6.45, 7) is 6.58. The van der Waals surface area contributed by atoms with Crippen molar-refractivity contribution in [2.75, 3.05) is 20.2 Å². The zero-order valence-corrected chi connectivity index (χ0v) is 30.1. The van der Waals surface area contributed by atoms with Crippen LogP contribution in [0.5, 0.6) is 0 Å². The number of nitrogens with one attached hydrogen (secondary N) is 4. The molecule has 4 amide bonds. The standard InChI is InChI=1S/C39H46N8O5/c1-23(2)33(42-24(3)48)36(49)46-19-5-7-31(46)34-40-21-29(43-34)27-13-9-25(10-14-27)26-11-15-28(16-12-26)30-22-41-35(44-30)32-8-6-20-47(32)37(50)39(17-18-39)45-38(51)52-4/h9-16,21-23,31-33H,5-8,17-20H2,1-4H3,(H,40,43)(H,41,44)(H,42,48)(H,45,51)/t31?,32-,33-/m0/s1. The minimum atomic E-state index is -0.868. The van der Waals surface area contributed by atoms with E-state index in [1.54, 1.807) is 0 Å². The van der Waals surface area contributed by atoms with Crippen LogP contribution in [0.2, 0.25) is 0 Å². The molecule has 2 aromatic heterocycles. The van der Waals surface area contributed by atoms with Crippen molar-refractivity contribution in [3.63, 3.8) is 0 Å². The Balaban J connectivity index is 1.00. The molecule has 1 aliphatic carbocycles. The summed E-state index contributed by atoms with van der Waals surface area (Å²) < 4.78 is 4.75. The van der Waals surface area contributed by atoms with Gasteiger partial charge in [-0.05, 0) is 66.7 Å². The number of rotatable bonds is 10. The third kappa shape index (κ3) is 6.91. The van der Waals surface area contributed by atoms with E-state index in [0.29, 0.717) is 25.9 Å². The highest BCUT2D eigenvalue weighted by atomic mass is 16.5. The Morgan fingerprint density at radius 1 is 0.788 bits per heavy atom. The van der Waals surface area contributed by atoms with Gasteiger partial charge in [0.1, 0.15) is 23.2 Å². The van der Waals surface area contributed by atoms with Crippen LogP contribution in [0, 0.1) is 5.92 Å². The molecule has 13 nitrogen and oxygen atoms in total. The number of aromatic amines is 2. The lowest BCUT2D eigenvalue weighted by Crippen LogP contribution is -2.50. The minimum Gasteiger partial charge on any atom is -0.453 e. The Kier molecular flexibility index (Phi) is 9.60. The maximum atomic E-state index is 13.5. The van der Waals surface area contributed by atoms with E-state index in [0.717, 1.165) is 71.0 Å². The van der Waals surface area contributed by atoms with Gasteiger partial charge in [0.15, 0.2) is 0 Å². The van der Waals surface area contributed by atoms with E-state index in [2.05, 4.69) is 79.1 Å². The number of nitrogens with zero attached hydrogens (tertiary/aromatic N) is 4. The zero-order valence-electron chi connectivity index (χ0n) is 30.1. The summed E-state index contributed by atoms with van der Waals surface area (Å²) in [5.41, 5.74) is 5.00. The van der Waals surface area contributed by atoms with Gasteiger partial charge in [0, 0.05) is 20.0 Å². The summed E-state index contributed by atoms with van der Waals surface area (Å²) >= 11 is 0. The summed E-state index contributed by atoms with van der Waals surface area (Å²) in [4.78, 5) is 70.5. The van der Waals surface area contributed by atoms with Crippen molar-refractivity contribution in [2.45, 2.75) is 83.0 Å². The average Bonchev–Trinajstić information content (AvgIpc) is 3.72. The third-order valence-corrected chi connectivity index (χ3v) is 10.6. The number of ether oxygens (including phenoxy) is 1. The molecule has 52 heavy (non-hydrogen) atoms. The Hall–Kier alpha value is -5.46. The van der Waals surface area contributed by atoms with Gasteiger partial charge in [-0.3, -0.25) is 14.4 Å². The Labute approximate surface area is 302 Å². The molecule has 13 heteroatoms. The highest BCUT2D eigenvalue weighted by molar-refractivity contribution is 5.93. The van der Waals surface area contributed by atoms with Gasteiger partial charge >= 0.3 is 6.09 Å². The Bertz CT molecular complexity index is 1940. The molecule has 7 rings (SSSR count). The quantitative estimate of drug-likeness (QED) is 0.169. The van der Waals surface area contributed by atoms with Crippen LogP contribution in [0.3, 0.4) is 0 Å². The summed E-state index contributed by atoms with van der Waals surface area (Å²) in [7, 11) is 1.30. The maximum Gasteiger partial charge on any atom is 0.407 e. The molecule has 272 valence electrons. The highest BCUT2D eigenvalue weighted by Crippen LogP contribution is 2.42. The maximum absolute atomic E-state index is 13.5. The van der Waals surface area contributed by atoms with Crippen molar-refractivity contribution in [1.82, 2.24) is 40.4 Å². The topological polar surface area (TPSA) is 165 Å². The number of imidazole rings is 2. The fourth-order valence-electron chi connectivity index (χ4n) is 7.55. The van der Waals surface area contributed by atoms with Crippen molar-refractivity contribution >= 4 is 23.8 Å². The molecule has 4 N–H and O–H groups in total. The Morgan fingerprint density at radius 2 is 1.27 bits per heavy atom. The van der Waals surface area contributed by atoms with Gasteiger partial charge in [0.25, 0.3) is 0 Å². The molecular formula is C39H46N8O5. The van der Waals surface area contributed by atoms with Crippen LogP contribution in [0.15, 0.2) is 60.9 Å². The van der Waals surface area contributed by atoms with Gasteiger partial charge in [0.2, 0.25) is 17.7 Å². The number of amides is 4. The monoisotopic (exact) mass is 706 g/mol. The minimum absolute atomic E-state index is 0.0239. The van der Waals surface area contributed by atoms with Crippen LogP contribution in [-0.4, -0.2) is 85.3 Å². The van der Waals surface area contributed by atoms with E-state index in [4.69, 9.17) is 4.74 Å². The predicted octanol–water partition coefficient (Wildman–Crippen LogP) is 5.51. The number of alkyl carbamates (subject to hydrolysis) is 1. The normalized spacial score (nSPS) is 19.8. The number of hydrogen-bond donors (Lipinski definition) is 4. The summed E-state index contributed by atoms with van der Waals surface area (Å²) in [6.07, 6.45) is 7.62. The molecule has 2 aliphatic heterocycles. The average molecular weight is 707 g/mol. The number of benzene rings is 2. The molecule has 4 heterocycles. The molecule has 3 atom stereocenters. The highest BCUT2D eigenvalue weighted by Gasteiger charge is 2.55. The van der Waals surface area contributed by atoms with Gasteiger partial charge in [-0.15, -0.1) is 0 Å². The molecule has 1 saturated carbocycles. The van der Waals surface area contributed by atoms with Crippen molar-refractivity contribution in [3.8, 4) is 33.6 Å². The first-order valence-electron chi connectivity index (χ1n) is 18.1. The van der Waals surface area contributed by atoms with E-state index >= 15 is 0 Å². The van der Waals surface area contributed by atoms with Gasteiger partial charge in [0.05, 0.1) is 43.0 Å². The van der Waals surface area contributed by atoms with Crippen molar-refractivity contribution in [3.05, 3.63) is 72.6 Å². The number of likely N-dealkylation sites (tertiary alicyclic amines) is 2. The second-order valence-corrected chi connectivity index (χ2v) is 14.5. The number of hydrogen-bond acceptors (Lipinski definition) is 7. The Morgan fingerprint density at radius 3 is 1.73 bits per heavy atom. The number of carbonyl (C=O) groups excluding carboxylic acids is 4. The molecular weight excluding hydrogens is 660 g/mol. The van der Waals surface area contributed by atoms with Gasteiger partial charge in [-0.2, -0.15) is 0 Å². The lowest BCUT2D eigenvalue weighted by Gasteiger charge is -2.30. The second kappa shape index (κ2) is 14.3. The zero-order chi connectivity index (χ0) is 36.6. The van der Waals surface area contributed by atoms with Gasteiger partial charge in [-0.1, -0.05) is 62.4 Å². The lowest BCUT2D eigenvalue weighted by atomic mass is 10.0. The van der Waals surface area contributed by atoms with Gasteiger partial charge < -0.3 is 35.1 Å². The van der Waals surface area contributed by atoms with E-state index in [1.165, 1.54) is 14.0 Å². The molecule has 0 radical (unpaired) electrons. The predicted molar refractivity (Wildman–Crippen MR) is 194 cm³/mol. The summed E-state index contributed by atoms with van der Waals surface area (Å²) in [5, 5.41) is 5.57. The number of H-pyrrole nitrogens is 2. The number of methoxy groups -OCH3 is 1. The van der Waals surface area contributed by atoms with Crippen molar-refractivity contribution in [1.29, 1.82) is 0 Å². The SMILES string of the molecule is COC(=O)NC1(C(=O)N2CCC[C@H]2c2ncc(-c3ccc(-c4ccc(-c5cnc(C6CCCN6C(=O)[C@@H](NC(C)=O)C(C)C)[nH]5)cc4)cc3)[nH]2)CC1. The first-order valence-corrected chi connectivity index (χ1v) is 18.1. The van der Waals surface area contributed by atoms with Crippen LogP contribution in [0.4, 0.5) is 4.79 Å².